The topological polar surface area (TPSA) is 101 Å². The van der Waals surface area contributed by atoms with Crippen molar-refractivity contribution in [1.82, 2.24) is 15.3 Å². The lowest BCUT2D eigenvalue weighted by atomic mass is 9.69. The minimum atomic E-state index is -0.981. The van der Waals surface area contributed by atoms with E-state index in [2.05, 4.69) is 15.3 Å². The molecule has 37 heavy (non-hydrogen) atoms. The molecule has 0 radical (unpaired) electrons. The van der Waals surface area contributed by atoms with E-state index in [0.29, 0.717) is 23.7 Å². The van der Waals surface area contributed by atoms with Crippen LogP contribution in [0.25, 0.3) is 10.8 Å². The molecular weight excluding hydrogens is 466 g/mol. The van der Waals surface area contributed by atoms with E-state index in [-0.39, 0.29) is 12.2 Å². The summed E-state index contributed by atoms with van der Waals surface area (Å²) in [6, 6.07) is 20.0. The number of hydrogen-bond acceptors (Lipinski definition) is 6. The van der Waals surface area contributed by atoms with Crippen LogP contribution in [0.3, 0.4) is 0 Å². The number of fused-ring (bicyclic) bond motifs is 1. The van der Waals surface area contributed by atoms with E-state index >= 15 is 0 Å². The zero-order valence-electron chi connectivity index (χ0n) is 20.6. The van der Waals surface area contributed by atoms with Crippen LogP contribution in [0.1, 0.15) is 23.7 Å². The van der Waals surface area contributed by atoms with Gasteiger partial charge in [-0.25, -0.2) is 9.78 Å². The fraction of sp³-hybridized carbons (Fsp3) is 0.200. The van der Waals surface area contributed by atoms with Gasteiger partial charge in [-0.15, -0.1) is 0 Å². The number of ether oxygens (including phenoxy) is 1. The van der Waals surface area contributed by atoms with Gasteiger partial charge in [-0.3, -0.25) is 9.78 Å². The summed E-state index contributed by atoms with van der Waals surface area (Å²) in [6.07, 6.45) is 5.72. The quantitative estimate of drug-likeness (QED) is 0.337. The van der Waals surface area contributed by atoms with Gasteiger partial charge >= 0.3 is 5.97 Å². The van der Waals surface area contributed by atoms with Crippen molar-refractivity contribution in [3.8, 4) is 11.6 Å². The van der Waals surface area contributed by atoms with Gasteiger partial charge < -0.3 is 15.2 Å². The first-order chi connectivity index (χ1) is 17.8. The van der Waals surface area contributed by atoms with Crippen molar-refractivity contribution in [2.24, 2.45) is 5.41 Å². The molecule has 0 spiro atoms. The molecular formula is C30H27N3O4. The molecule has 2 heterocycles. The zero-order chi connectivity index (χ0) is 26.0. The average Bonchev–Trinajstić information content (AvgIpc) is 2.89. The molecule has 0 bridgehead atoms. The molecule has 5 rings (SSSR count). The predicted molar refractivity (Wildman–Crippen MR) is 140 cm³/mol. The fourth-order valence-corrected chi connectivity index (χ4v) is 4.59. The molecule has 1 aliphatic carbocycles. The van der Waals surface area contributed by atoms with Crippen LogP contribution in [0.4, 0.5) is 0 Å². The van der Waals surface area contributed by atoms with Crippen LogP contribution >= 0.6 is 0 Å². The first-order valence-electron chi connectivity index (χ1n) is 12.1. The second-order valence-electron chi connectivity index (χ2n) is 9.57. The van der Waals surface area contributed by atoms with Crippen molar-refractivity contribution in [1.29, 1.82) is 0 Å². The lowest BCUT2D eigenvalue weighted by molar-refractivity contribution is -0.139. The Hall–Kier alpha value is -4.52. The number of aryl methyl sites for hydroxylation is 1. The predicted octanol–water partition coefficient (Wildman–Crippen LogP) is 5.03. The highest BCUT2D eigenvalue weighted by Crippen LogP contribution is 2.39. The van der Waals surface area contributed by atoms with Crippen molar-refractivity contribution < 1.29 is 19.4 Å². The Morgan fingerprint density at radius 2 is 1.84 bits per heavy atom. The van der Waals surface area contributed by atoms with Crippen LogP contribution in [0.5, 0.6) is 11.6 Å². The van der Waals surface area contributed by atoms with Gasteiger partial charge in [-0.05, 0) is 61.0 Å². The first-order valence-corrected chi connectivity index (χ1v) is 12.1. The smallest absolute Gasteiger partial charge is 0.326 e. The summed E-state index contributed by atoms with van der Waals surface area (Å²) in [4.78, 5) is 33.2. The average molecular weight is 494 g/mol. The van der Waals surface area contributed by atoms with Crippen LogP contribution < -0.4 is 10.1 Å². The van der Waals surface area contributed by atoms with Gasteiger partial charge in [0.05, 0.1) is 10.8 Å². The maximum Gasteiger partial charge on any atom is 0.326 e. The number of hydrogen-bond donors (Lipinski definition) is 2. The summed E-state index contributed by atoms with van der Waals surface area (Å²) in [5.74, 6) is 0.0809. The monoisotopic (exact) mass is 493 g/mol. The summed E-state index contributed by atoms with van der Waals surface area (Å²) < 4.78 is 6.04. The van der Waals surface area contributed by atoms with Gasteiger partial charge in [0.25, 0.3) is 0 Å². The Morgan fingerprint density at radius 1 is 1.08 bits per heavy atom. The molecule has 0 saturated carbocycles. The number of carbonyl (C=O) groups excluding carboxylic acids is 1. The highest BCUT2D eigenvalue weighted by molar-refractivity contribution is 6.04. The number of carbonyl (C=O) groups is 2. The summed E-state index contributed by atoms with van der Waals surface area (Å²) in [6.45, 7) is 3.76. The van der Waals surface area contributed by atoms with E-state index in [1.165, 1.54) is 6.08 Å². The number of ketones is 1. The van der Waals surface area contributed by atoms with Gasteiger partial charge in [0.1, 0.15) is 11.8 Å². The lowest BCUT2D eigenvalue weighted by Gasteiger charge is -2.39. The molecule has 2 atom stereocenters. The lowest BCUT2D eigenvalue weighted by Crippen LogP contribution is -2.50. The zero-order valence-corrected chi connectivity index (χ0v) is 20.6. The normalized spacial score (nSPS) is 17.6. The Labute approximate surface area is 214 Å². The third kappa shape index (κ3) is 5.07. The molecule has 4 aromatic rings. The van der Waals surface area contributed by atoms with Crippen LogP contribution in [0, 0.1) is 12.3 Å². The number of aliphatic carboxylic acids is 1. The van der Waals surface area contributed by atoms with Crippen molar-refractivity contribution in [3.05, 3.63) is 108 Å². The number of nitrogens with one attached hydrogen (secondary N) is 1. The van der Waals surface area contributed by atoms with E-state index in [1.54, 1.807) is 24.5 Å². The fourth-order valence-electron chi connectivity index (χ4n) is 4.59. The van der Waals surface area contributed by atoms with Crippen LogP contribution in [-0.4, -0.2) is 32.9 Å². The van der Waals surface area contributed by atoms with Crippen LogP contribution in [0.15, 0.2) is 90.9 Å². The number of carboxylic acids is 1. The van der Waals surface area contributed by atoms with Crippen molar-refractivity contribution in [2.45, 2.75) is 32.7 Å². The molecule has 1 aliphatic rings. The molecule has 7 heteroatoms. The number of pyridine rings is 2. The summed E-state index contributed by atoms with van der Waals surface area (Å²) in [7, 11) is 0. The summed E-state index contributed by atoms with van der Waals surface area (Å²) in [5.41, 5.74) is 2.58. The molecule has 7 nitrogen and oxygen atoms in total. The van der Waals surface area contributed by atoms with Gasteiger partial charge in [-0.2, -0.15) is 0 Å². The number of aromatic nitrogens is 2. The van der Waals surface area contributed by atoms with E-state index in [0.717, 1.165) is 27.6 Å². The number of carboxylic acid groups (broad SMARTS) is 1. The standard InChI is InChI=1S/C30H27N3O4/c1-19-14-22-12-13-31-18-24(22)28(32-19)37-23-10-8-20(9-11-23)15-25(29(35)36)33-26-16-27(34)30(26,2)17-21-6-4-3-5-7-21/h3-14,16,18,25,33H,15,17H2,1-2H3,(H,35,36)/t25-,30+/m0/s1. The molecule has 0 aliphatic heterocycles. The SMILES string of the molecule is Cc1cc2ccncc2c(Oc2ccc(C[C@H](NC3=CC(=O)[C@]3(C)Cc3ccccc3)C(=O)O)cc2)n1. The second kappa shape index (κ2) is 9.85. The third-order valence-corrected chi connectivity index (χ3v) is 6.75. The van der Waals surface area contributed by atoms with Crippen molar-refractivity contribution in [3.63, 3.8) is 0 Å². The van der Waals surface area contributed by atoms with E-state index in [9.17, 15) is 14.7 Å². The number of rotatable bonds is 9. The molecule has 0 unspecified atom stereocenters. The molecule has 2 aromatic heterocycles. The first kappa shape index (κ1) is 24.2. The minimum absolute atomic E-state index is 0.00280. The van der Waals surface area contributed by atoms with E-state index < -0.39 is 17.4 Å². The second-order valence-corrected chi connectivity index (χ2v) is 9.57. The number of benzene rings is 2. The van der Waals surface area contributed by atoms with E-state index in [4.69, 9.17) is 4.74 Å². The van der Waals surface area contributed by atoms with Gasteiger partial charge in [0, 0.05) is 36.3 Å². The Bertz CT molecular complexity index is 1500. The van der Waals surface area contributed by atoms with Gasteiger partial charge in [0.15, 0.2) is 5.78 Å². The molecule has 0 saturated heterocycles. The highest BCUT2D eigenvalue weighted by atomic mass is 16.5. The highest BCUT2D eigenvalue weighted by Gasteiger charge is 2.45. The van der Waals surface area contributed by atoms with Crippen LogP contribution in [-0.2, 0) is 22.4 Å². The maximum atomic E-state index is 12.5. The van der Waals surface area contributed by atoms with Crippen molar-refractivity contribution >= 4 is 22.5 Å². The summed E-state index contributed by atoms with van der Waals surface area (Å²) in [5, 5.41) is 14.8. The molecule has 186 valence electrons. The number of nitrogens with zero attached hydrogens (tertiary/aromatic N) is 2. The third-order valence-electron chi connectivity index (χ3n) is 6.75. The largest absolute Gasteiger partial charge is 0.480 e. The Morgan fingerprint density at radius 3 is 2.54 bits per heavy atom. The molecule has 2 aromatic carbocycles. The van der Waals surface area contributed by atoms with Gasteiger partial charge in [0.2, 0.25) is 5.88 Å². The van der Waals surface area contributed by atoms with E-state index in [1.807, 2.05) is 68.4 Å². The molecule has 0 amide bonds. The van der Waals surface area contributed by atoms with Crippen LogP contribution in [0.2, 0.25) is 0 Å². The maximum absolute atomic E-state index is 12.5. The minimum Gasteiger partial charge on any atom is -0.480 e. The Kier molecular flexibility index (Phi) is 6.44. The Balaban J connectivity index is 1.28. The van der Waals surface area contributed by atoms with Gasteiger partial charge in [-0.1, -0.05) is 42.5 Å². The molecule has 2 N–H and O–H groups in total. The molecule has 0 fully saturated rings. The summed E-state index contributed by atoms with van der Waals surface area (Å²) >= 11 is 0. The number of allylic oxidation sites excluding steroid dienone is 2. The van der Waals surface area contributed by atoms with Crippen molar-refractivity contribution in [2.75, 3.05) is 0 Å².